The summed E-state index contributed by atoms with van der Waals surface area (Å²) in [5.41, 5.74) is 1.29. The Morgan fingerprint density at radius 3 is 2.63 bits per heavy atom. The number of hydrogen-bond donors (Lipinski definition) is 1. The Labute approximate surface area is 185 Å². The van der Waals surface area contributed by atoms with Crippen LogP contribution in [0.5, 0.6) is 0 Å². The molecule has 2 aromatic heterocycles. The third-order valence-corrected chi connectivity index (χ3v) is 3.55. The maximum atomic E-state index is 14.0. The number of halogens is 2. The van der Waals surface area contributed by atoms with Crippen LogP contribution in [0, 0.1) is 24.6 Å². The molecule has 1 N–H and O–H groups in total. The first kappa shape index (κ1) is 25.4. The van der Waals surface area contributed by atoms with Crippen LogP contribution in [0.1, 0.15) is 25.3 Å². The molecule has 0 aliphatic heterocycles. The number of rotatable bonds is 5. The fraction of sp³-hybridized carbons (Fsp3) is 0.250. The predicted octanol–water partition coefficient (Wildman–Crippen LogP) is 4.10. The number of allylic oxidation sites excluding steroid dienone is 2. The van der Waals surface area contributed by atoms with Crippen molar-refractivity contribution in [3.63, 3.8) is 0 Å². The molecule has 0 aliphatic rings. The number of carbonyl (C=O) groups excluding carboxylic acids is 1. The molecule has 0 saturated heterocycles. The summed E-state index contributed by atoms with van der Waals surface area (Å²) in [6.07, 6.45) is 4.32. The van der Waals surface area contributed by atoms with E-state index in [0.29, 0.717) is 17.1 Å². The molecule has 0 saturated carbocycles. The number of aliphatic hydroxyl groups is 1. The summed E-state index contributed by atoms with van der Waals surface area (Å²) in [5.74, 6) is -0.731. The van der Waals surface area contributed by atoms with Gasteiger partial charge in [0.25, 0.3) is 0 Å². The number of imidazole rings is 1. The van der Waals surface area contributed by atoms with Crippen molar-refractivity contribution < 1.29 is 48.0 Å². The van der Waals surface area contributed by atoms with Crippen molar-refractivity contribution in [1.29, 1.82) is 0 Å². The van der Waals surface area contributed by atoms with Crippen LogP contribution < -0.4 is 0 Å². The van der Waals surface area contributed by atoms with E-state index >= 15 is 0 Å². The van der Waals surface area contributed by atoms with Gasteiger partial charge in [-0.25, -0.2) is 0 Å². The predicted molar refractivity (Wildman–Crippen MR) is 100 cm³/mol. The van der Waals surface area contributed by atoms with Crippen LogP contribution in [-0.4, -0.2) is 32.7 Å². The number of aromatic nitrogens is 3. The second kappa shape index (κ2) is 11.5. The Bertz CT molecular complexity index is 1030. The van der Waals surface area contributed by atoms with E-state index in [1.54, 1.807) is 17.7 Å². The van der Waals surface area contributed by atoms with Gasteiger partial charge in [-0.05, 0) is 20.8 Å². The van der Waals surface area contributed by atoms with Crippen molar-refractivity contribution >= 4 is 5.78 Å². The van der Waals surface area contributed by atoms with E-state index in [1.807, 2.05) is 0 Å². The zero-order valence-corrected chi connectivity index (χ0v) is 19.1. The molecule has 0 atom stereocenters. The fourth-order valence-corrected chi connectivity index (χ4v) is 2.53. The number of aryl methyl sites for hydroxylation is 1. The molecular weight excluding hydrogens is 576 g/mol. The van der Waals surface area contributed by atoms with E-state index in [4.69, 9.17) is 14.4 Å². The van der Waals surface area contributed by atoms with E-state index in [-0.39, 0.29) is 49.6 Å². The van der Waals surface area contributed by atoms with Crippen LogP contribution in [0.15, 0.2) is 40.9 Å². The zero-order valence-electron chi connectivity index (χ0n) is 16.7. The van der Waals surface area contributed by atoms with Crippen LogP contribution in [0.25, 0.3) is 17.1 Å². The number of carbonyl (C=O) groups is 1. The monoisotopic (exact) mass is 597 g/mol. The van der Waals surface area contributed by atoms with E-state index in [9.17, 15) is 13.6 Å². The molecule has 1 aromatic carbocycles. The molecular formula is C20H20F2IrN3O4-. The second-order valence-corrected chi connectivity index (χ2v) is 6.03. The van der Waals surface area contributed by atoms with Gasteiger partial charge in [0.1, 0.15) is 18.0 Å². The Balaban J connectivity index is 0.000000489. The Hall–Kier alpha value is -2.68. The van der Waals surface area contributed by atoms with Crippen molar-refractivity contribution in [3.8, 4) is 17.1 Å². The standard InChI is InChI=1S/C15H12F2N3O2.C5H8O2.Ir/c1-9-14(13(8-21-2)22-19-9)20-6-5-18-15(20)11-4-3-10(16)7-12(11)17;1-4(6)3-5(2)7;/h3,5-7H,8H2,1-2H3;3,6H,1-2H3;/q-1;;/b;4-3-;. The Kier molecular flexibility index (Phi) is 9.71. The summed E-state index contributed by atoms with van der Waals surface area (Å²) >= 11 is 0. The number of nitrogens with zero attached hydrogens (tertiary/aromatic N) is 3. The normalized spacial score (nSPS) is 10.8. The topological polar surface area (TPSA) is 90.4 Å². The molecule has 163 valence electrons. The van der Waals surface area contributed by atoms with Gasteiger partial charge >= 0.3 is 0 Å². The number of hydrogen-bond acceptors (Lipinski definition) is 6. The number of benzene rings is 1. The van der Waals surface area contributed by atoms with Crippen LogP contribution in [0.2, 0.25) is 0 Å². The first-order chi connectivity index (χ1) is 13.7. The Morgan fingerprint density at radius 1 is 1.40 bits per heavy atom. The van der Waals surface area contributed by atoms with E-state index < -0.39 is 11.6 Å². The minimum atomic E-state index is -0.741. The number of methoxy groups -OCH3 is 1. The largest absolute Gasteiger partial charge is 0.512 e. The molecule has 0 spiro atoms. The number of aliphatic hydroxyl groups excluding tert-OH is 1. The van der Waals surface area contributed by atoms with Gasteiger partial charge in [0.2, 0.25) is 0 Å². The van der Waals surface area contributed by atoms with E-state index in [2.05, 4.69) is 16.2 Å². The Morgan fingerprint density at radius 2 is 2.10 bits per heavy atom. The van der Waals surface area contributed by atoms with E-state index in [0.717, 1.165) is 12.1 Å². The molecule has 0 amide bonds. The maximum Gasteiger partial charge on any atom is 0.185 e. The summed E-state index contributed by atoms with van der Waals surface area (Å²) in [6, 6.07) is 4.42. The van der Waals surface area contributed by atoms with Gasteiger partial charge in [-0.3, -0.25) is 18.6 Å². The third-order valence-electron chi connectivity index (χ3n) is 3.55. The van der Waals surface area contributed by atoms with Crippen molar-refractivity contribution in [2.75, 3.05) is 7.11 Å². The smallest absolute Gasteiger partial charge is 0.185 e. The van der Waals surface area contributed by atoms with Crippen molar-refractivity contribution in [2.24, 2.45) is 0 Å². The summed E-state index contributed by atoms with van der Waals surface area (Å²) in [7, 11) is 1.53. The van der Waals surface area contributed by atoms with Crippen LogP contribution in [0.3, 0.4) is 0 Å². The van der Waals surface area contributed by atoms with Gasteiger partial charge in [0, 0.05) is 57.3 Å². The summed E-state index contributed by atoms with van der Waals surface area (Å²) < 4.78 is 38.9. The molecule has 1 radical (unpaired) electrons. The molecule has 30 heavy (non-hydrogen) atoms. The number of ketones is 1. The second-order valence-electron chi connectivity index (χ2n) is 6.03. The zero-order chi connectivity index (χ0) is 21.6. The minimum absolute atomic E-state index is 0. The average molecular weight is 597 g/mol. The van der Waals surface area contributed by atoms with Gasteiger partial charge in [0.15, 0.2) is 11.5 Å². The average Bonchev–Trinajstić information content (AvgIpc) is 3.21. The molecule has 3 rings (SSSR count). The van der Waals surface area contributed by atoms with Gasteiger partial charge in [-0.15, -0.1) is 12.1 Å². The van der Waals surface area contributed by atoms with Crippen LogP contribution in [-0.2, 0) is 36.2 Å². The van der Waals surface area contributed by atoms with Gasteiger partial charge in [-0.1, -0.05) is 16.8 Å². The molecule has 0 bridgehead atoms. The molecule has 0 unspecified atom stereocenters. The third kappa shape index (κ3) is 6.41. The van der Waals surface area contributed by atoms with Gasteiger partial charge < -0.3 is 18.9 Å². The molecule has 3 aromatic rings. The SMILES string of the molecule is CC(=O)/C=C(/C)O.COCc1onc(C)c1-n1ccnc1-c1[c-]cc(F)cc1F.[Ir]. The molecule has 2 heterocycles. The first-order valence-corrected chi connectivity index (χ1v) is 8.47. The molecule has 7 nitrogen and oxygen atoms in total. The molecule has 10 heteroatoms. The quantitative estimate of drug-likeness (QED) is 0.271. The molecule has 0 fully saturated rings. The maximum absolute atomic E-state index is 14.0. The minimum Gasteiger partial charge on any atom is -0.512 e. The summed E-state index contributed by atoms with van der Waals surface area (Å²) in [6.45, 7) is 4.82. The van der Waals surface area contributed by atoms with Gasteiger partial charge in [0.05, 0.1) is 11.6 Å². The van der Waals surface area contributed by atoms with Gasteiger partial charge in [-0.2, -0.15) is 0 Å². The summed E-state index contributed by atoms with van der Waals surface area (Å²) in [5, 5.41) is 12.3. The number of ether oxygens (including phenoxy) is 1. The van der Waals surface area contributed by atoms with Crippen molar-refractivity contribution in [3.05, 3.63) is 65.5 Å². The van der Waals surface area contributed by atoms with E-state index in [1.165, 1.54) is 33.2 Å². The van der Waals surface area contributed by atoms with Crippen molar-refractivity contribution in [1.82, 2.24) is 14.7 Å². The van der Waals surface area contributed by atoms with Crippen molar-refractivity contribution in [2.45, 2.75) is 27.4 Å². The van der Waals surface area contributed by atoms with Crippen LogP contribution in [0.4, 0.5) is 8.78 Å². The molecule has 0 aliphatic carbocycles. The summed E-state index contributed by atoms with van der Waals surface area (Å²) in [4.78, 5) is 14.2. The fourth-order valence-electron chi connectivity index (χ4n) is 2.53. The van der Waals surface area contributed by atoms with Crippen LogP contribution >= 0.6 is 0 Å². The first-order valence-electron chi connectivity index (χ1n) is 8.47.